The minimum absolute atomic E-state index is 0.0660. The Labute approximate surface area is 108 Å². The molecule has 0 N–H and O–H groups in total. The van der Waals surface area contributed by atoms with Gasteiger partial charge in [0.2, 0.25) is 0 Å². The van der Waals surface area contributed by atoms with Crippen molar-refractivity contribution in [2.24, 2.45) is 16.2 Å². The van der Waals surface area contributed by atoms with Crippen LogP contribution in [0.1, 0.15) is 55.4 Å². The van der Waals surface area contributed by atoms with Crippen molar-refractivity contribution in [2.45, 2.75) is 55.4 Å². The Kier molecular flexibility index (Phi) is 3.27. The molecule has 0 bridgehead atoms. The third kappa shape index (κ3) is 3.13. The van der Waals surface area contributed by atoms with Gasteiger partial charge in [0, 0.05) is 5.57 Å². The van der Waals surface area contributed by atoms with Crippen molar-refractivity contribution >= 4 is 0 Å². The zero-order valence-electron chi connectivity index (χ0n) is 12.8. The van der Waals surface area contributed by atoms with E-state index in [9.17, 15) is 0 Å². The van der Waals surface area contributed by atoms with Crippen LogP contribution in [0.2, 0.25) is 0 Å². The first-order valence-corrected chi connectivity index (χ1v) is 6.43. The predicted octanol–water partition coefficient (Wildman–Crippen LogP) is 5.33. The molecule has 0 fully saturated rings. The molecule has 1 aliphatic rings. The monoisotopic (exact) mass is 231 g/mol. The second-order valence-corrected chi connectivity index (χ2v) is 7.86. The first-order chi connectivity index (χ1) is 7.33. The number of hydrogen-bond donors (Lipinski definition) is 0. The van der Waals surface area contributed by atoms with E-state index >= 15 is 0 Å². The van der Waals surface area contributed by atoms with E-state index in [1.165, 1.54) is 16.7 Å². The van der Waals surface area contributed by atoms with Crippen LogP contribution in [0.5, 0.6) is 0 Å². The minimum atomic E-state index is -0.0660. The average Bonchev–Trinajstić information content (AvgIpc) is 2.42. The van der Waals surface area contributed by atoms with Gasteiger partial charge in [0.05, 0.1) is 0 Å². The summed E-state index contributed by atoms with van der Waals surface area (Å²) in [6.07, 6.45) is 2.30. The maximum atomic E-state index is 4.23. The fraction of sp³-hybridized carbons (Fsp3) is 0.647. The zero-order valence-corrected chi connectivity index (χ0v) is 12.8. The summed E-state index contributed by atoms with van der Waals surface area (Å²) in [7, 11) is 0. The highest BCUT2D eigenvalue weighted by Gasteiger charge is 2.31. The molecule has 0 atom stereocenters. The standard InChI is InChI=1S/C17H27/c1-15(2,3)12-10-13(16(4,5)6)14(11-12)17(7,8)9/h10H,1H2,2-9H3/q-1. The summed E-state index contributed by atoms with van der Waals surface area (Å²) in [5.74, 6) is 0. The molecule has 0 heteroatoms. The van der Waals surface area contributed by atoms with E-state index < -0.39 is 0 Å². The molecule has 1 aliphatic carbocycles. The molecule has 0 unspecified atom stereocenters. The average molecular weight is 231 g/mol. The van der Waals surface area contributed by atoms with Crippen LogP contribution >= 0.6 is 0 Å². The molecular formula is C17H27-. The molecule has 0 radical (unpaired) electrons. The molecular weight excluding hydrogens is 204 g/mol. The van der Waals surface area contributed by atoms with Crippen LogP contribution in [0.15, 0.2) is 28.5 Å². The Morgan fingerprint density at radius 1 is 0.882 bits per heavy atom. The molecule has 0 aliphatic heterocycles. The Hall–Kier alpha value is -0.740. The van der Waals surface area contributed by atoms with Gasteiger partial charge in [0.1, 0.15) is 0 Å². The lowest BCUT2D eigenvalue weighted by atomic mass is 9.74. The maximum Gasteiger partial charge on any atom is 0.00330 e. The van der Waals surface area contributed by atoms with Crippen molar-refractivity contribution in [2.75, 3.05) is 0 Å². The number of hydrogen-bond acceptors (Lipinski definition) is 0. The molecule has 1 rings (SSSR count). The maximum absolute atomic E-state index is 4.23. The van der Waals surface area contributed by atoms with Crippen LogP contribution in [0.25, 0.3) is 0 Å². The van der Waals surface area contributed by atoms with E-state index in [-0.39, 0.29) is 16.2 Å². The Balaban J connectivity index is 3.38. The third-order valence-corrected chi connectivity index (χ3v) is 3.10. The lowest BCUT2D eigenvalue weighted by Crippen LogP contribution is -2.18. The van der Waals surface area contributed by atoms with Gasteiger partial charge >= 0.3 is 0 Å². The SMILES string of the molecule is [CH2-]C(C)(C)C1=C=C(C(C)(C)C)C(C(C)(C)C)=C1. The van der Waals surface area contributed by atoms with Gasteiger partial charge in [-0.2, -0.15) is 0 Å². The van der Waals surface area contributed by atoms with Crippen LogP contribution in [0, 0.1) is 23.2 Å². The first kappa shape index (κ1) is 14.3. The lowest BCUT2D eigenvalue weighted by Gasteiger charge is -2.30. The fourth-order valence-corrected chi connectivity index (χ4v) is 2.00. The summed E-state index contributed by atoms with van der Waals surface area (Å²) in [5, 5.41) is 0. The molecule has 0 aromatic carbocycles. The molecule has 0 saturated carbocycles. The van der Waals surface area contributed by atoms with Crippen molar-refractivity contribution in [3.63, 3.8) is 0 Å². The third-order valence-electron chi connectivity index (χ3n) is 3.10. The van der Waals surface area contributed by atoms with Gasteiger partial charge in [0.15, 0.2) is 0 Å². The smallest absolute Gasteiger partial charge is 0.00330 e. The minimum Gasteiger partial charge on any atom is -0.333 e. The second kappa shape index (κ2) is 3.89. The second-order valence-electron chi connectivity index (χ2n) is 7.86. The van der Waals surface area contributed by atoms with Gasteiger partial charge in [-0.25, -0.2) is 0 Å². The highest BCUT2D eigenvalue weighted by atomic mass is 14.4. The van der Waals surface area contributed by atoms with E-state index in [4.69, 9.17) is 0 Å². The molecule has 0 aromatic heterocycles. The lowest BCUT2D eigenvalue weighted by molar-refractivity contribution is 0.449. The number of allylic oxidation sites excluding steroid dienone is 3. The predicted molar refractivity (Wildman–Crippen MR) is 76.7 cm³/mol. The van der Waals surface area contributed by atoms with E-state index in [2.05, 4.69) is 74.1 Å². The molecule has 0 saturated heterocycles. The quantitative estimate of drug-likeness (QED) is 0.422. The molecule has 17 heavy (non-hydrogen) atoms. The summed E-state index contributed by atoms with van der Waals surface area (Å²) in [6, 6.07) is 0. The van der Waals surface area contributed by atoms with Crippen molar-refractivity contribution in [1.29, 1.82) is 0 Å². The van der Waals surface area contributed by atoms with Gasteiger partial charge in [0.25, 0.3) is 0 Å². The summed E-state index contributed by atoms with van der Waals surface area (Å²) < 4.78 is 0. The van der Waals surface area contributed by atoms with E-state index in [1.54, 1.807) is 0 Å². The van der Waals surface area contributed by atoms with Crippen molar-refractivity contribution in [3.8, 4) is 0 Å². The first-order valence-electron chi connectivity index (χ1n) is 6.43. The summed E-state index contributed by atoms with van der Waals surface area (Å²) in [4.78, 5) is 0. The molecule has 0 aromatic rings. The fourth-order valence-electron chi connectivity index (χ4n) is 2.00. The van der Waals surface area contributed by atoms with Crippen LogP contribution < -0.4 is 0 Å². The van der Waals surface area contributed by atoms with Crippen LogP contribution in [-0.4, -0.2) is 0 Å². The zero-order chi connectivity index (χ0) is 13.6. The molecule has 96 valence electrons. The Morgan fingerprint density at radius 2 is 1.35 bits per heavy atom. The van der Waals surface area contributed by atoms with Crippen molar-refractivity contribution < 1.29 is 0 Å². The molecule has 0 heterocycles. The number of rotatable bonds is 1. The molecule has 0 nitrogen and oxygen atoms in total. The summed E-state index contributed by atoms with van der Waals surface area (Å²) in [5.41, 5.74) is 7.84. The van der Waals surface area contributed by atoms with Gasteiger partial charge in [-0.1, -0.05) is 55.4 Å². The summed E-state index contributed by atoms with van der Waals surface area (Å²) >= 11 is 0. The van der Waals surface area contributed by atoms with E-state index in [0.29, 0.717) is 0 Å². The van der Waals surface area contributed by atoms with Gasteiger partial charge in [-0.15, -0.1) is 11.1 Å². The van der Waals surface area contributed by atoms with Gasteiger partial charge in [-0.3, -0.25) is 0 Å². The molecule has 0 amide bonds. The molecule has 0 spiro atoms. The van der Waals surface area contributed by atoms with E-state index in [1.807, 2.05) is 0 Å². The van der Waals surface area contributed by atoms with Crippen molar-refractivity contribution in [1.82, 2.24) is 0 Å². The normalized spacial score (nSPS) is 17.8. The Morgan fingerprint density at radius 3 is 1.59 bits per heavy atom. The van der Waals surface area contributed by atoms with Crippen molar-refractivity contribution in [3.05, 3.63) is 35.5 Å². The van der Waals surface area contributed by atoms with E-state index in [0.717, 1.165) is 0 Å². The summed E-state index contributed by atoms with van der Waals surface area (Å²) in [6.45, 7) is 22.1. The van der Waals surface area contributed by atoms with Gasteiger partial charge in [-0.05, 0) is 28.1 Å². The largest absolute Gasteiger partial charge is 0.333 e. The highest BCUT2D eigenvalue weighted by molar-refractivity contribution is 5.51. The topological polar surface area (TPSA) is 0 Å². The van der Waals surface area contributed by atoms with Gasteiger partial charge < -0.3 is 6.92 Å². The highest BCUT2D eigenvalue weighted by Crippen LogP contribution is 2.45. The van der Waals surface area contributed by atoms with Crippen LogP contribution in [0.4, 0.5) is 0 Å². The Bertz CT molecular complexity index is 402. The van der Waals surface area contributed by atoms with Crippen LogP contribution in [-0.2, 0) is 0 Å². The van der Waals surface area contributed by atoms with Crippen LogP contribution in [0.3, 0.4) is 0 Å².